The van der Waals surface area contributed by atoms with Crippen molar-refractivity contribution in [1.82, 2.24) is 24.8 Å². The van der Waals surface area contributed by atoms with E-state index in [9.17, 15) is 27.6 Å². The Morgan fingerprint density at radius 3 is 2.23 bits per heavy atom. The molecule has 0 bridgehead atoms. The Morgan fingerprint density at radius 1 is 0.909 bits per heavy atom. The van der Waals surface area contributed by atoms with Gasteiger partial charge in [0.15, 0.2) is 5.69 Å². The van der Waals surface area contributed by atoms with Crippen LogP contribution in [0.15, 0.2) is 72.9 Å². The van der Waals surface area contributed by atoms with E-state index in [-0.39, 0.29) is 29.5 Å². The number of pyridine rings is 1. The maximum Gasteiger partial charge on any atom is 0.416 e. The van der Waals surface area contributed by atoms with Gasteiger partial charge in [0, 0.05) is 56.6 Å². The second kappa shape index (κ2) is 13.0. The second-order valence-corrected chi connectivity index (χ2v) is 10.2. The standard InChI is InChI=1S/C30H29F3N8O3/c31-30(32,33)21-8-10-22(11-9-21)36-29(44)39-27-25(26(34)42)37-24(38-27)17-19-4-6-20(7-5-19)28(43)41-15-13-40(14-16-41)18-23-3-1-2-12-35-23/h1-12H,13-18H2,(H2,34,42)(H,37,38)(H2,36,39,44). The number of nitrogens with two attached hydrogens (primary N) is 1. The summed E-state index contributed by atoms with van der Waals surface area (Å²) in [6.07, 6.45) is -2.49. The highest BCUT2D eigenvalue weighted by molar-refractivity contribution is 6.04. The summed E-state index contributed by atoms with van der Waals surface area (Å²) in [6, 6.07) is 15.9. The highest BCUT2D eigenvalue weighted by Crippen LogP contribution is 2.30. The minimum Gasteiger partial charge on any atom is -0.364 e. The lowest BCUT2D eigenvalue weighted by Gasteiger charge is -2.34. The minimum atomic E-state index is -4.50. The molecule has 0 unspecified atom stereocenters. The molecule has 228 valence electrons. The summed E-state index contributed by atoms with van der Waals surface area (Å²) in [6.45, 7) is 3.46. The number of anilines is 2. The van der Waals surface area contributed by atoms with Gasteiger partial charge in [-0.15, -0.1) is 0 Å². The molecule has 0 atom stereocenters. The molecule has 1 saturated heterocycles. The third kappa shape index (κ3) is 7.58. The average Bonchev–Trinajstić information content (AvgIpc) is 3.40. The molecule has 11 nitrogen and oxygen atoms in total. The van der Waals surface area contributed by atoms with Crippen LogP contribution in [0.3, 0.4) is 0 Å². The van der Waals surface area contributed by atoms with Crippen molar-refractivity contribution in [3.63, 3.8) is 0 Å². The summed E-state index contributed by atoms with van der Waals surface area (Å²) in [5.74, 6) is -0.690. The number of alkyl halides is 3. The number of aromatic amines is 1. The molecule has 5 rings (SSSR count). The number of benzene rings is 2. The number of primary amides is 1. The van der Waals surface area contributed by atoms with Gasteiger partial charge in [0.25, 0.3) is 11.8 Å². The lowest BCUT2D eigenvalue weighted by atomic mass is 10.1. The van der Waals surface area contributed by atoms with Crippen LogP contribution in [-0.2, 0) is 19.1 Å². The predicted octanol–water partition coefficient (Wildman–Crippen LogP) is 4.12. The molecule has 0 spiro atoms. The van der Waals surface area contributed by atoms with Crippen LogP contribution in [0, 0.1) is 0 Å². The molecule has 14 heteroatoms. The predicted molar refractivity (Wildman–Crippen MR) is 156 cm³/mol. The van der Waals surface area contributed by atoms with E-state index in [1.54, 1.807) is 30.5 Å². The maximum absolute atomic E-state index is 13.1. The Kier molecular flexibility index (Phi) is 8.90. The van der Waals surface area contributed by atoms with Gasteiger partial charge in [-0.2, -0.15) is 13.2 Å². The molecule has 2 aromatic carbocycles. The SMILES string of the molecule is NC(=O)c1nc(Cc2ccc(C(=O)N3CCN(Cc4ccccn4)CC3)cc2)[nH]c1NC(=O)Nc1ccc(C(F)(F)F)cc1. The fraction of sp³-hybridized carbons (Fsp3) is 0.233. The number of amides is 4. The number of urea groups is 1. The first kappa shape index (κ1) is 30.2. The summed E-state index contributed by atoms with van der Waals surface area (Å²) in [7, 11) is 0. The summed E-state index contributed by atoms with van der Waals surface area (Å²) in [4.78, 5) is 53.0. The molecule has 44 heavy (non-hydrogen) atoms. The molecule has 1 fully saturated rings. The van der Waals surface area contributed by atoms with Crippen LogP contribution >= 0.6 is 0 Å². The van der Waals surface area contributed by atoms with Crippen LogP contribution in [0.5, 0.6) is 0 Å². The van der Waals surface area contributed by atoms with Crippen molar-refractivity contribution in [2.75, 3.05) is 36.8 Å². The lowest BCUT2D eigenvalue weighted by molar-refractivity contribution is -0.137. The van der Waals surface area contributed by atoms with Gasteiger partial charge in [-0.1, -0.05) is 18.2 Å². The van der Waals surface area contributed by atoms with E-state index in [1.165, 1.54) is 0 Å². The Labute approximate surface area is 250 Å². The summed E-state index contributed by atoms with van der Waals surface area (Å²) >= 11 is 0. The van der Waals surface area contributed by atoms with Crippen molar-refractivity contribution >= 4 is 29.4 Å². The Hall–Kier alpha value is -5.24. The molecule has 1 aliphatic heterocycles. The normalized spacial score (nSPS) is 13.8. The van der Waals surface area contributed by atoms with Crippen LogP contribution in [0.25, 0.3) is 0 Å². The highest BCUT2D eigenvalue weighted by Gasteiger charge is 2.30. The number of hydrogen-bond acceptors (Lipinski definition) is 6. The highest BCUT2D eigenvalue weighted by atomic mass is 19.4. The van der Waals surface area contributed by atoms with Gasteiger partial charge in [0.05, 0.1) is 11.3 Å². The van der Waals surface area contributed by atoms with Gasteiger partial charge in [-0.25, -0.2) is 9.78 Å². The molecular weight excluding hydrogens is 577 g/mol. The molecule has 1 aliphatic rings. The second-order valence-electron chi connectivity index (χ2n) is 10.2. The van der Waals surface area contributed by atoms with E-state index in [0.717, 1.165) is 55.2 Å². The van der Waals surface area contributed by atoms with Gasteiger partial charge >= 0.3 is 12.2 Å². The monoisotopic (exact) mass is 606 g/mol. The van der Waals surface area contributed by atoms with Crippen molar-refractivity contribution in [3.05, 3.63) is 107 Å². The number of H-pyrrole nitrogens is 1. The number of rotatable bonds is 8. The van der Waals surface area contributed by atoms with Gasteiger partial charge < -0.3 is 20.9 Å². The van der Waals surface area contributed by atoms with E-state index < -0.39 is 23.7 Å². The molecule has 5 N–H and O–H groups in total. The van der Waals surface area contributed by atoms with Crippen molar-refractivity contribution in [1.29, 1.82) is 0 Å². The van der Waals surface area contributed by atoms with E-state index in [2.05, 4.69) is 30.5 Å². The van der Waals surface area contributed by atoms with E-state index in [1.807, 2.05) is 23.1 Å². The number of carbonyl (C=O) groups is 3. The third-order valence-corrected chi connectivity index (χ3v) is 7.04. The van der Waals surface area contributed by atoms with Crippen LogP contribution in [0.2, 0.25) is 0 Å². The number of nitrogens with one attached hydrogen (secondary N) is 3. The number of imidazole rings is 1. The number of carbonyl (C=O) groups excluding carboxylic acids is 3. The van der Waals surface area contributed by atoms with Gasteiger partial charge in [0.1, 0.15) is 11.6 Å². The molecule has 4 aromatic rings. The van der Waals surface area contributed by atoms with Crippen molar-refractivity contribution in [2.24, 2.45) is 5.73 Å². The topological polar surface area (TPSA) is 149 Å². The summed E-state index contributed by atoms with van der Waals surface area (Å²) in [5.41, 5.74) is 6.80. The quantitative estimate of drug-likeness (QED) is 0.237. The molecule has 3 heterocycles. The van der Waals surface area contributed by atoms with Crippen LogP contribution < -0.4 is 16.4 Å². The Bertz CT molecular complexity index is 1620. The Balaban J connectivity index is 1.16. The van der Waals surface area contributed by atoms with E-state index in [0.29, 0.717) is 24.5 Å². The molecule has 0 saturated carbocycles. The molecule has 0 aliphatic carbocycles. The molecule has 0 radical (unpaired) electrons. The van der Waals surface area contributed by atoms with Gasteiger partial charge in [-0.05, 0) is 54.1 Å². The first-order valence-corrected chi connectivity index (χ1v) is 13.7. The van der Waals surface area contributed by atoms with Crippen LogP contribution in [-0.4, -0.2) is 68.8 Å². The Morgan fingerprint density at radius 2 is 1.61 bits per heavy atom. The maximum atomic E-state index is 13.1. The number of aromatic nitrogens is 3. The van der Waals surface area contributed by atoms with Crippen LogP contribution in [0.1, 0.15) is 43.5 Å². The van der Waals surface area contributed by atoms with Crippen LogP contribution in [0.4, 0.5) is 29.5 Å². The average molecular weight is 607 g/mol. The number of piperazine rings is 1. The lowest BCUT2D eigenvalue weighted by Crippen LogP contribution is -2.48. The van der Waals surface area contributed by atoms with Crippen molar-refractivity contribution in [3.8, 4) is 0 Å². The van der Waals surface area contributed by atoms with Crippen molar-refractivity contribution < 1.29 is 27.6 Å². The summed E-state index contributed by atoms with van der Waals surface area (Å²) in [5, 5.41) is 4.81. The van der Waals surface area contributed by atoms with Crippen molar-refractivity contribution in [2.45, 2.75) is 19.1 Å². The fourth-order valence-corrected chi connectivity index (χ4v) is 4.76. The van der Waals surface area contributed by atoms with Gasteiger partial charge in [0.2, 0.25) is 0 Å². The summed E-state index contributed by atoms with van der Waals surface area (Å²) < 4.78 is 38.3. The number of hydrogen-bond donors (Lipinski definition) is 4. The first-order chi connectivity index (χ1) is 21.0. The fourth-order valence-electron chi connectivity index (χ4n) is 4.76. The van der Waals surface area contributed by atoms with E-state index >= 15 is 0 Å². The zero-order valence-corrected chi connectivity index (χ0v) is 23.4. The first-order valence-electron chi connectivity index (χ1n) is 13.7. The smallest absolute Gasteiger partial charge is 0.364 e. The zero-order valence-electron chi connectivity index (χ0n) is 23.4. The number of nitrogens with zero attached hydrogens (tertiary/aromatic N) is 4. The largest absolute Gasteiger partial charge is 0.416 e. The van der Waals surface area contributed by atoms with E-state index in [4.69, 9.17) is 5.73 Å². The third-order valence-electron chi connectivity index (χ3n) is 7.04. The number of halogens is 3. The molecular formula is C30H29F3N8O3. The molecule has 4 amide bonds. The molecule has 2 aromatic heterocycles. The minimum absolute atomic E-state index is 0.0615. The van der Waals surface area contributed by atoms with Gasteiger partial charge in [-0.3, -0.25) is 24.8 Å². The zero-order chi connectivity index (χ0) is 31.3.